The van der Waals surface area contributed by atoms with Crippen molar-refractivity contribution in [2.75, 3.05) is 25.0 Å². The van der Waals surface area contributed by atoms with Crippen LogP contribution in [0.2, 0.25) is 0 Å². The minimum Gasteiger partial charge on any atom is -0.492 e. The summed E-state index contributed by atoms with van der Waals surface area (Å²) in [4.78, 5) is 12.8. The van der Waals surface area contributed by atoms with E-state index in [1.807, 2.05) is 6.92 Å². The van der Waals surface area contributed by atoms with Crippen molar-refractivity contribution < 1.29 is 17.9 Å². The second-order valence-corrected chi connectivity index (χ2v) is 11.2. The van der Waals surface area contributed by atoms with Crippen molar-refractivity contribution in [3.63, 3.8) is 0 Å². The lowest BCUT2D eigenvalue weighted by atomic mass is 10.0. The molecule has 1 aliphatic heterocycles. The van der Waals surface area contributed by atoms with E-state index in [0.717, 1.165) is 19.3 Å². The number of sulfonamides is 1. The molecular weight excluding hydrogens is 526 g/mol. The molecule has 0 spiro atoms. The summed E-state index contributed by atoms with van der Waals surface area (Å²) in [6.07, 6.45) is 2.63. The van der Waals surface area contributed by atoms with E-state index in [0.29, 0.717) is 47.1 Å². The van der Waals surface area contributed by atoms with Crippen LogP contribution in [0.25, 0.3) is 0 Å². The maximum absolute atomic E-state index is 12.8. The second-order valence-electron chi connectivity index (χ2n) is 8.01. The van der Waals surface area contributed by atoms with Gasteiger partial charge in [0, 0.05) is 24.3 Å². The second kappa shape index (κ2) is 11.4. The Kier molecular flexibility index (Phi) is 8.86. The van der Waals surface area contributed by atoms with Crippen molar-refractivity contribution in [1.82, 2.24) is 9.62 Å². The minimum atomic E-state index is -3.51. The number of ether oxygens (including phenoxy) is 1. The number of nitrogens with one attached hydrogen (secondary N) is 2. The molecule has 33 heavy (non-hydrogen) atoms. The highest BCUT2D eigenvalue weighted by Crippen LogP contribution is 2.26. The van der Waals surface area contributed by atoms with Gasteiger partial charge in [0.25, 0.3) is 5.91 Å². The van der Waals surface area contributed by atoms with E-state index in [2.05, 4.69) is 33.5 Å². The molecule has 1 heterocycles. The number of thiocarbonyl (C=S) groups is 1. The van der Waals surface area contributed by atoms with E-state index in [9.17, 15) is 13.2 Å². The first-order valence-electron chi connectivity index (χ1n) is 10.9. The fourth-order valence-corrected chi connectivity index (χ4v) is 5.57. The molecule has 0 bridgehead atoms. The van der Waals surface area contributed by atoms with Gasteiger partial charge >= 0.3 is 0 Å². The molecule has 1 amide bonds. The number of carbonyl (C=O) groups excluding carboxylic acids is 1. The number of halogens is 1. The fraction of sp³-hybridized carbons (Fsp3) is 0.391. The molecule has 0 saturated carbocycles. The van der Waals surface area contributed by atoms with Crippen LogP contribution in [0.5, 0.6) is 5.75 Å². The standard InChI is InChI=1S/C23H28BrN3O4S2/c1-3-14-31-21-9-4-17(15-20(21)24)22(28)26-23(32)25-18-5-7-19(8-6-18)33(29,30)27-12-10-16(2)11-13-27/h4-9,15-16H,3,10-14H2,1-2H3,(H2,25,26,28,32). The van der Waals surface area contributed by atoms with Gasteiger partial charge in [-0.05, 0) is 95.8 Å². The molecule has 178 valence electrons. The first kappa shape index (κ1) is 25.6. The average Bonchev–Trinajstić information content (AvgIpc) is 2.78. The van der Waals surface area contributed by atoms with Gasteiger partial charge in [-0.2, -0.15) is 4.31 Å². The topological polar surface area (TPSA) is 87.7 Å². The molecule has 2 aromatic carbocycles. The molecule has 1 saturated heterocycles. The van der Waals surface area contributed by atoms with Crippen molar-refractivity contribution in [3.05, 3.63) is 52.5 Å². The number of nitrogens with zero attached hydrogens (tertiary/aromatic N) is 1. The molecule has 2 aromatic rings. The summed E-state index contributed by atoms with van der Waals surface area (Å²) in [6.45, 7) is 5.84. The number of piperidine rings is 1. The maximum Gasteiger partial charge on any atom is 0.257 e. The highest BCUT2D eigenvalue weighted by atomic mass is 79.9. The van der Waals surface area contributed by atoms with Crippen LogP contribution in [0.15, 0.2) is 51.8 Å². The molecule has 1 fully saturated rings. The van der Waals surface area contributed by atoms with E-state index < -0.39 is 10.0 Å². The monoisotopic (exact) mass is 553 g/mol. The van der Waals surface area contributed by atoms with Crippen molar-refractivity contribution in [1.29, 1.82) is 0 Å². The zero-order valence-electron chi connectivity index (χ0n) is 18.6. The molecule has 0 aromatic heterocycles. The zero-order chi connectivity index (χ0) is 24.0. The van der Waals surface area contributed by atoms with Gasteiger partial charge in [0.2, 0.25) is 10.0 Å². The molecule has 0 aliphatic carbocycles. The molecule has 3 rings (SSSR count). The van der Waals surface area contributed by atoms with Gasteiger partial charge < -0.3 is 10.1 Å². The van der Waals surface area contributed by atoms with Gasteiger partial charge in [-0.15, -0.1) is 0 Å². The van der Waals surface area contributed by atoms with Crippen LogP contribution in [0, 0.1) is 5.92 Å². The van der Waals surface area contributed by atoms with Crippen molar-refractivity contribution in [3.8, 4) is 5.75 Å². The molecular formula is C23H28BrN3O4S2. The van der Waals surface area contributed by atoms with Crippen LogP contribution < -0.4 is 15.4 Å². The lowest BCUT2D eigenvalue weighted by molar-refractivity contribution is 0.0977. The van der Waals surface area contributed by atoms with E-state index in [1.54, 1.807) is 42.5 Å². The van der Waals surface area contributed by atoms with E-state index >= 15 is 0 Å². The highest BCUT2D eigenvalue weighted by molar-refractivity contribution is 9.10. The molecule has 0 radical (unpaired) electrons. The Morgan fingerprint density at radius 3 is 2.45 bits per heavy atom. The number of anilines is 1. The summed E-state index contributed by atoms with van der Waals surface area (Å²) >= 11 is 8.66. The Balaban J connectivity index is 1.58. The van der Waals surface area contributed by atoms with Gasteiger partial charge in [-0.3, -0.25) is 10.1 Å². The van der Waals surface area contributed by atoms with Crippen LogP contribution >= 0.6 is 28.1 Å². The number of carbonyl (C=O) groups is 1. The predicted molar refractivity (Wildman–Crippen MR) is 137 cm³/mol. The Bertz CT molecular complexity index is 1100. The Morgan fingerprint density at radius 2 is 1.85 bits per heavy atom. The summed E-state index contributed by atoms with van der Waals surface area (Å²) in [5.74, 6) is 0.852. The van der Waals surface area contributed by atoms with E-state index in [-0.39, 0.29) is 15.9 Å². The van der Waals surface area contributed by atoms with Gasteiger partial charge in [-0.25, -0.2) is 8.42 Å². The fourth-order valence-electron chi connectivity index (χ4n) is 3.39. The summed E-state index contributed by atoms with van der Waals surface area (Å²) < 4.78 is 33.5. The number of hydrogen-bond donors (Lipinski definition) is 2. The molecule has 2 N–H and O–H groups in total. The minimum absolute atomic E-state index is 0.114. The summed E-state index contributed by atoms with van der Waals surface area (Å²) in [7, 11) is -3.51. The molecule has 0 unspecified atom stereocenters. The van der Waals surface area contributed by atoms with Crippen molar-refractivity contribution in [2.45, 2.75) is 38.0 Å². The van der Waals surface area contributed by atoms with Gasteiger partial charge in [0.1, 0.15) is 5.75 Å². The first-order valence-corrected chi connectivity index (χ1v) is 13.5. The Morgan fingerprint density at radius 1 is 1.18 bits per heavy atom. The molecule has 0 atom stereocenters. The van der Waals surface area contributed by atoms with E-state index in [1.165, 1.54) is 4.31 Å². The third-order valence-corrected chi connectivity index (χ3v) is 8.11. The summed E-state index contributed by atoms with van der Waals surface area (Å²) in [6, 6.07) is 11.4. The third kappa shape index (κ3) is 6.75. The molecule has 7 nitrogen and oxygen atoms in total. The highest BCUT2D eigenvalue weighted by Gasteiger charge is 2.27. The predicted octanol–water partition coefficient (Wildman–Crippen LogP) is 4.79. The van der Waals surface area contributed by atoms with Crippen LogP contribution in [0.3, 0.4) is 0 Å². The van der Waals surface area contributed by atoms with Crippen LogP contribution in [-0.4, -0.2) is 43.4 Å². The lowest BCUT2D eigenvalue weighted by Crippen LogP contribution is -2.37. The number of rotatable bonds is 7. The first-order chi connectivity index (χ1) is 15.7. The number of hydrogen-bond acceptors (Lipinski definition) is 5. The SMILES string of the molecule is CCCOc1ccc(C(=O)NC(=S)Nc2ccc(S(=O)(=O)N3CCC(C)CC3)cc2)cc1Br. The molecule has 10 heteroatoms. The lowest BCUT2D eigenvalue weighted by Gasteiger charge is -2.29. The average molecular weight is 555 g/mol. The quantitative estimate of drug-likeness (QED) is 0.479. The number of benzene rings is 2. The van der Waals surface area contributed by atoms with Gasteiger partial charge in [0.05, 0.1) is 16.0 Å². The van der Waals surface area contributed by atoms with Gasteiger partial charge in [-0.1, -0.05) is 13.8 Å². The van der Waals surface area contributed by atoms with E-state index in [4.69, 9.17) is 17.0 Å². The third-order valence-electron chi connectivity index (χ3n) is 5.38. The zero-order valence-corrected chi connectivity index (χ0v) is 21.9. The number of amides is 1. The van der Waals surface area contributed by atoms with Crippen LogP contribution in [0.1, 0.15) is 43.5 Å². The normalized spacial score (nSPS) is 15.1. The Hall–Kier alpha value is -2.01. The summed E-state index contributed by atoms with van der Waals surface area (Å²) in [5.41, 5.74) is 1.00. The summed E-state index contributed by atoms with van der Waals surface area (Å²) in [5, 5.41) is 5.66. The molecule has 1 aliphatic rings. The van der Waals surface area contributed by atoms with Crippen molar-refractivity contribution >= 4 is 54.9 Å². The van der Waals surface area contributed by atoms with Crippen LogP contribution in [0.4, 0.5) is 5.69 Å². The largest absolute Gasteiger partial charge is 0.492 e. The van der Waals surface area contributed by atoms with Gasteiger partial charge in [0.15, 0.2) is 5.11 Å². The van der Waals surface area contributed by atoms with Crippen LogP contribution in [-0.2, 0) is 10.0 Å². The smallest absolute Gasteiger partial charge is 0.257 e. The Labute approximate surface area is 209 Å². The maximum atomic E-state index is 12.8. The van der Waals surface area contributed by atoms with Crippen molar-refractivity contribution in [2.24, 2.45) is 5.92 Å².